The molecule has 1 aliphatic rings. The first kappa shape index (κ1) is 30.5. The van der Waals surface area contributed by atoms with Crippen LogP contribution in [0.4, 0.5) is 36.4 Å². The van der Waals surface area contributed by atoms with Crippen LogP contribution in [0.15, 0.2) is 65.1 Å². The van der Waals surface area contributed by atoms with Gasteiger partial charge in [0.15, 0.2) is 11.6 Å². The van der Waals surface area contributed by atoms with Crippen molar-refractivity contribution in [3.8, 4) is 5.75 Å². The zero-order chi connectivity index (χ0) is 30.1. The molecule has 0 heterocycles. The van der Waals surface area contributed by atoms with Crippen LogP contribution in [0.2, 0.25) is 0 Å². The van der Waals surface area contributed by atoms with E-state index >= 15 is 4.39 Å². The van der Waals surface area contributed by atoms with Gasteiger partial charge in [0.1, 0.15) is 5.75 Å². The maximum Gasteiger partial charge on any atom is 0.426 e. The van der Waals surface area contributed by atoms with E-state index < -0.39 is 59.3 Å². The summed E-state index contributed by atoms with van der Waals surface area (Å²) in [7, 11) is 0. The summed E-state index contributed by atoms with van der Waals surface area (Å²) < 4.78 is 101. The van der Waals surface area contributed by atoms with E-state index in [0.29, 0.717) is 17.7 Å². The van der Waals surface area contributed by atoms with Crippen molar-refractivity contribution in [1.82, 2.24) is 0 Å². The summed E-state index contributed by atoms with van der Waals surface area (Å²) in [4.78, 5) is 27.8. The Hall–Kier alpha value is -3.41. The lowest BCUT2D eigenvalue weighted by atomic mass is 9.93. The molecule has 1 unspecified atom stereocenters. The van der Waals surface area contributed by atoms with E-state index in [4.69, 9.17) is 0 Å². The van der Waals surface area contributed by atoms with E-state index in [2.05, 4.69) is 20.7 Å². The monoisotopic (exact) mass is 645 g/mol. The molecular weight excluding hydrogens is 623 g/mol. The summed E-state index contributed by atoms with van der Waals surface area (Å²) in [5, 5.41) is 0. The Morgan fingerprint density at radius 1 is 1.02 bits per heavy atom. The number of nitrogens with zero attached hydrogens (tertiary/aromatic N) is 1. The highest BCUT2D eigenvalue weighted by Gasteiger charge is 2.53. The molecule has 3 aromatic carbocycles. The normalized spacial score (nSPS) is 15.0. The van der Waals surface area contributed by atoms with Gasteiger partial charge < -0.3 is 9.64 Å². The molecule has 1 aliphatic carbocycles. The van der Waals surface area contributed by atoms with Gasteiger partial charge in [-0.2, -0.15) is 22.0 Å². The number of alkyl halides is 6. The molecule has 0 saturated heterocycles. The molecule has 218 valence electrons. The molecule has 41 heavy (non-hydrogen) atoms. The van der Waals surface area contributed by atoms with Gasteiger partial charge in [-0.25, -0.2) is 8.78 Å². The highest BCUT2D eigenvalue weighted by Crippen LogP contribution is 2.45. The molecule has 3 aromatic rings. The third kappa shape index (κ3) is 6.74. The molecule has 1 fully saturated rings. The highest BCUT2D eigenvalue weighted by molar-refractivity contribution is 9.10. The standard InChI is InChI=1S/C29H23BrF7NO3/c1-28(34,29(35,36)37)18-12-21(30)20(24(13-18)41-27(32)33)14-23(39)19-8-5-9-22(25(19)31)38(15-16-10-11-16)26(40)17-6-3-2-4-7-17/h2-9,12-13,16,27H,10-11,14-15H2,1H3. The summed E-state index contributed by atoms with van der Waals surface area (Å²) in [6, 6.07) is 13.2. The van der Waals surface area contributed by atoms with Crippen LogP contribution < -0.4 is 9.64 Å². The largest absolute Gasteiger partial charge is 0.434 e. The second-order valence-corrected chi connectivity index (χ2v) is 10.6. The summed E-state index contributed by atoms with van der Waals surface area (Å²) in [6.45, 7) is -3.08. The molecule has 0 spiro atoms. The SMILES string of the molecule is CC(F)(c1cc(Br)c(CC(=O)c2cccc(N(CC3CC3)C(=O)c3ccccc3)c2F)c(OC(F)F)c1)C(F)(F)F. The Labute approximate surface area is 239 Å². The average molecular weight is 646 g/mol. The summed E-state index contributed by atoms with van der Waals surface area (Å²) in [5.41, 5.74) is -5.62. The Bertz CT molecular complexity index is 1440. The van der Waals surface area contributed by atoms with Gasteiger partial charge in [0.25, 0.3) is 5.91 Å². The van der Waals surface area contributed by atoms with Crippen LogP contribution in [0.3, 0.4) is 0 Å². The van der Waals surface area contributed by atoms with Crippen molar-refractivity contribution in [1.29, 1.82) is 0 Å². The predicted molar refractivity (Wildman–Crippen MR) is 141 cm³/mol. The quantitative estimate of drug-likeness (QED) is 0.164. The number of ether oxygens (including phenoxy) is 1. The fourth-order valence-electron chi connectivity index (χ4n) is 4.20. The van der Waals surface area contributed by atoms with Gasteiger partial charge in [-0.05, 0) is 62.1 Å². The zero-order valence-electron chi connectivity index (χ0n) is 21.5. The van der Waals surface area contributed by atoms with Crippen molar-refractivity contribution in [2.75, 3.05) is 11.4 Å². The third-order valence-electron chi connectivity index (χ3n) is 6.76. The molecule has 0 bridgehead atoms. The number of hydrogen-bond acceptors (Lipinski definition) is 3. The first-order valence-corrected chi connectivity index (χ1v) is 13.2. The Morgan fingerprint density at radius 2 is 1.68 bits per heavy atom. The molecular formula is C29H23BrF7NO3. The molecule has 0 radical (unpaired) electrons. The van der Waals surface area contributed by atoms with Crippen LogP contribution in [0.5, 0.6) is 5.75 Å². The third-order valence-corrected chi connectivity index (χ3v) is 7.46. The summed E-state index contributed by atoms with van der Waals surface area (Å²) >= 11 is 2.93. The number of halogens is 8. The lowest BCUT2D eigenvalue weighted by molar-refractivity contribution is -0.228. The lowest BCUT2D eigenvalue weighted by Crippen LogP contribution is -2.35. The van der Waals surface area contributed by atoms with Crippen molar-refractivity contribution in [2.45, 2.75) is 44.6 Å². The molecule has 4 nitrogen and oxygen atoms in total. The van der Waals surface area contributed by atoms with Gasteiger partial charge in [-0.1, -0.05) is 40.2 Å². The Kier molecular flexibility index (Phi) is 8.81. The van der Waals surface area contributed by atoms with Gasteiger partial charge in [-0.3, -0.25) is 9.59 Å². The fourth-order valence-corrected chi connectivity index (χ4v) is 4.79. The average Bonchev–Trinajstić information content (AvgIpc) is 3.72. The van der Waals surface area contributed by atoms with E-state index in [-0.39, 0.29) is 35.1 Å². The van der Waals surface area contributed by atoms with E-state index in [1.54, 1.807) is 30.3 Å². The minimum absolute atomic E-state index is 0.155. The van der Waals surface area contributed by atoms with Gasteiger partial charge in [0.2, 0.25) is 5.67 Å². The smallest absolute Gasteiger partial charge is 0.426 e. The second-order valence-electron chi connectivity index (χ2n) is 9.78. The zero-order valence-corrected chi connectivity index (χ0v) is 23.0. The van der Waals surface area contributed by atoms with Crippen molar-refractivity contribution in [3.63, 3.8) is 0 Å². The highest BCUT2D eigenvalue weighted by atomic mass is 79.9. The van der Waals surface area contributed by atoms with Crippen molar-refractivity contribution in [2.24, 2.45) is 5.92 Å². The minimum Gasteiger partial charge on any atom is -0.434 e. The van der Waals surface area contributed by atoms with E-state index in [0.717, 1.165) is 18.9 Å². The van der Waals surface area contributed by atoms with Crippen LogP contribution >= 0.6 is 15.9 Å². The van der Waals surface area contributed by atoms with Crippen LogP contribution in [0.25, 0.3) is 0 Å². The van der Waals surface area contributed by atoms with Gasteiger partial charge in [0.05, 0.1) is 11.3 Å². The second kappa shape index (κ2) is 11.8. The number of rotatable bonds is 10. The van der Waals surface area contributed by atoms with Crippen LogP contribution in [0.1, 0.15) is 51.6 Å². The number of carbonyl (C=O) groups excluding carboxylic acids is 2. The topological polar surface area (TPSA) is 46.6 Å². The maximum absolute atomic E-state index is 15.8. The van der Waals surface area contributed by atoms with Crippen molar-refractivity contribution >= 4 is 33.3 Å². The van der Waals surface area contributed by atoms with Crippen LogP contribution in [0, 0.1) is 11.7 Å². The van der Waals surface area contributed by atoms with E-state index in [9.17, 15) is 35.9 Å². The fraction of sp³-hybridized carbons (Fsp3) is 0.310. The molecule has 1 amide bonds. The first-order chi connectivity index (χ1) is 19.2. The predicted octanol–water partition coefficient (Wildman–Crippen LogP) is 8.42. The maximum atomic E-state index is 15.8. The number of carbonyl (C=O) groups is 2. The molecule has 4 rings (SSSR count). The number of hydrogen-bond donors (Lipinski definition) is 0. The van der Waals surface area contributed by atoms with Crippen LogP contribution in [-0.4, -0.2) is 31.0 Å². The Balaban J connectivity index is 1.70. The number of amides is 1. The van der Waals surface area contributed by atoms with E-state index in [1.807, 2.05) is 0 Å². The number of anilines is 1. The minimum atomic E-state index is -5.38. The summed E-state index contributed by atoms with van der Waals surface area (Å²) in [6.07, 6.45) is -4.46. The van der Waals surface area contributed by atoms with Crippen molar-refractivity contribution in [3.05, 3.63) is 93.2 Å². The molecule has 0 aliphatic heterocycles. The van der Waals surface area contributed by atoms with E-state index in [1.165, 1.54) is 17.0 Å². The molecule has 0 N–H and O–H groups in total. The van der Waals surface area contributed by atoms with Gasteiger partial charge in [0, 0.05) is 34.1 Å². The first-order valence-electron chi connectivity index (χ1n) is 12.4. The molecule has 0 aromatic heterocycles. The van der Waals surface area contributed by atoms with Crippen LogP contribution in [-0.2, 0) is 12.1 Å². The number of ketones is 1. The number of benzene rings is 3. The summed E-state index contributed by atoms with van der Waals surface area (Å²) in [5.74, 6) is -3.17. The Morgan fingerprint density at radius 3 is 2.27 bits per heavy atom. The van der Waals surface area contributed by atoms with Gasteiger partial charge in [-0.15, -0.1) is 0 Å². The van der Waals surface area contributed by atoms with Crippen molar-refractivity contribution < 1.29 is 45.1 Å². The number of Topliss-reactive ketones (excluding diaryl/α,β-unsaturated/α-hetero) is 1. The lowest BCUT2D eigenvalue weighted by Gasteiger charge is -2.26. The molecule has 1 saturated carbocycles. The van der Waals surface area contributed by atoms with Gasteiger partial charge >= 0.3 is 12.8 Å². The molecule has 12 heteroatoms. The molecule has 1 atom stereocenters.